The Balaban J connectivity index is 2.04. The third-order valence-electron chi connectivity index (χ3n) is 7.13. The Kier molecular flexibility index (Phi) is 8.09. The number of ether oxygens (including phenoxy) is 6. The summed E-state index contributed by atoms with van der Waals surface area (Å²) in [6.07, 6.45) is 0.203. The average Bonchev–Trinajstić information content (AvgIpc) is 2.98. The van der Waals surface area contributed by atoms with Gasteiger partial charge in [-0.3, -0.25) is 14.4 Å². The van der Waals surface area contributed by atoms with Crippen molar-refractivity contribution in [2.24, 2.45) is 5.41 Å². The van der Waals surface area contributed by atoms with Gasteiger partial charge in [-0.15, -0.1) is 0 Å². The van der Waals surface area contributed by atoms with Gasteiger partial charge in [0, 0.05) is 5.92 Å². The molecule has 4 rings (SSSR count). The number of carbonyl (C=O) groups is 3. The number of rotatable bonds is 8. The van der Waals surface area contributed by atoms with Gasteiger partial charge >= 0.3 is 17.9 Å². The fourth-order valence-corrected chi connectivity index (χ4v) is 5.43. The van der Waals surface area contributed by atoms with Crippen molar-refractivity contribution in [3.05, 3.63) is 83.4 Å². The topological polar surface area (TPSA) is 107 Å². The minimum absolute atomic E-state index is 0.203. The highest BCUT2D eigenvalue weighted by molar-refractivity contribution is 6.08. The summed E-state index contributed by atoms with van der Waals surface area (Å²) >= 11 is 0. The molecule has 0 radical (unpaired) electrons. The maximum Gasteiger partial charge on any atom is 0.325 e. The van der Waals surface area contributed by atoms with Crippen LogP contribution in [0.25, 0.3) is 0 Å². The number of methoxy groups -OCH3 is 5. The zero-order chi connectivity index (χ0) is 28.2. The van der Waals surface area contributed by atoms with Crippen LogP contribution in [-0.2, 0) is 30.3 Å². The molecule has 9 nitrogen and oxygen atoms in total. The highest BCUT2D eigenvalue weighted by atomic mass is 16.6. The summed E-state index contributed by atoms with van der Waals surface area (Å²) < 4.78 is 32.8. The zero-order valence-electron chi connectivity index (χ0n) is 22.4. The summed E-state index contributed by atoms with van der Waals surface area (Å²) in [5, 5.41) is 0. The molecule has 0 unspecified atom stereocenters. The first-order valence-electron chi connectivity index (χ1n) is 12.2. The molecule has 3 aromatic rings. The molecule has 0 spiro atoms. The third-order valence-corrected chi connectivity index (χ3v) is 7.13. The normalized spacial score (nSPS) is 17.3. The standard InChI is InChI=1S/C30H30O9/c1-34-23-16-19(17-24(35-2)26(23)36-3)22-15-18-11-9-10-14-21(18)25(27(31)39-20-12-7-6-8-13-20)30(22,28(32)37-4)29(33)38-5/h6-14,16-17,22,25H,15H2,1-5H3/t22-,25-/m1/s1. The van der Waals surface area contributed by atoms with Crippen LogP contribution in [0.3, 0.4) is 0 Å². The summed E-state index contributed by atoms with van der Waals surface area (Å²) in [6.45, 7) is 0. The molecule has 2 atom stereocenters. The molecule has 0 saturated heterocycles. The molecule has 0 amide bonds. The lowest BCUT2D eigenvalue weighted by Crippen LogP contribution is -2.56. The molecule has 0 aliphatic heterocycles. The van der Waals surface area contributed by atoms with Crippen molar-refractivity contribution in [3.8, 4) is 23.0 Å². The summed E-state index contributed by atoms with van der Waals surface area (Å²) in [7, 11) is 6.73. The number of hydrogen-bond donors (Lipinski definition) is 0. The molecule has 9 heteroatoms. The van der Waals surface area contributed by atoms with Crippen LogP contribution in [0.2, 0.25) is 0 Å². The van der Waals surface area contributed by atoms with Gasteiger partial charge in [-0.2, -0.15) is 0 Å². The van der Waals surface area contributed by atoms with E-state index in [2.05, 4.69) is 0 Å². The van der Waals surface area contributed by atoms with Gasteiger partial charge in [0.2, 0.25) is 5.75 Å². The first-order valence-corrected chi connectivity index (χ1v) is 12.2. The minimum Gasteiger partial charge on any atom is -0.493 e. The van der Waals surface area contributed by atoms with Crippen LogP contribution in [0.5, 0.6) is 23.0 Å². The Morgan fingerprint density at radius 1 is 0.744 bits per heavy atom. The lowest BCUT2D eigenvalue weighted by Gasteiger charge is -2.44. The molecule has 0 heterocycles. The van der Waals surface area contributed by atoms with Gasteiger partial charge in [0.15, 0.2) is 16.9 Å². The van der Waals surface area contributed by atoms with Crippen molar-refractivity contribution in [2.75, 3.05) is 35.5 Å². The Hall–Kier alpha value is -4.53. The molecule has 3 aromatic carbocycles. The highest BCUT2D eigenvalue weighted by Crippen LogP contribution is 2.57. The summed E-state index contributed by atoms with van der Waals surface area (Å²) in [4.78, 5) is 41.7. The van der Waals surface area contributed by atoms with Gasteiger partial charge < -0.3 is 28.4 Å². The maximum absolute atomic E-state index is 14.0. The van der Waals surface area contributed by atoms with E-state index in [1.54, 1.807) is 54.6 Å². The van der Waals surface area contributed by atoms with E-state index in [1.165, 1.54) is 35.5 Å². The summed E-state index contributed by atoms with van der Waals surface area (Å²) in [6, 6.07) is 18.9. The fraction of sp³-hybridized carbons (Fsp3) is 0.300. The van der Waals surface area contributed by atoms with Crippen molar-refractivity contribution < 1.29 is 42.8 Å². The van der Waals surface area contributed by atoms with E-state index in [0.29, 0.717) is 28.4 Å². The van der Waals surface area contributed by atoms with Crippen LogP contribution in [0.4, 0.5) is 0 Å². The van der Waals surface area contributed by atoms with Gasteiger partial charge in [0.1, 0.15) is 11.7 Å². The monoisotopic (exact) mass is 534 g/mol. The van der Waals surface area contributed by atoms with Crippen LogP contribution < -0.4 is 18.9 Å². The van der Waals surface area contributed by atoms with E-state index < -0.39 is 35.2 Å². The van der Waals surface area contributed by atoms with E-state index in [4.69, 9.17) is 28.4 Å². The van der Waals surface area contributed by atoms with Gasteiger partial charge in [-0.1, -0.05) is 42.5 Å². The molecule has 0 saturated carbocycles. The maximum atomic E-state index is 14.0. The molecule has 0 bridgehead atoms. The lowest BCUT2D eigenvalue weighted by atomic mass is 9.56. The number of fused-ring (bicyclic) bond motifs is 1. The number of esters is 3. The predicted molar refractivity (Wildman–Crippen MR) is 140 cm³/mol. The second-order valence-corrected chi connectivity index (χ2v) is 8.93. The van der Waals surface area contributed by atoms with Gasteiger partial charge in [-0.25, -0.2) is 0 Å². The van der Waals surface area contributed by atoms with E-state index in [0.717, 1.165) is 5.56 Å². The van der Waals surface area contributed by atoms with Crippen molar-refractivity contribution >= 4 is 17.9 Å². The van der Waals surface area contributed by atoms with Crippen LogP contribution in [-0.4, -0.2) is 53.5 Å². The molecule has 1 aliphatic rings. The third kappa shape index (κ3) is 4.65. The van der Waals surface area contributed by atoms with Crippen molar-refractivity contribution in [3.63, 3.8) is 0 Å². The molecular weight excluding hydrogens is 504 g/mol. The van der Waals surface area contributed by atoms with E-state index >= 15 is 0 Å². The van der Waals surface area contributed by atoms with Crippen LogP contribution in [0.1, 0.15) is 28.5 Å². The van der Waals surface area contributed by atoms with Crippen LogP contribution in [0.15, 0.2) is 66.7 Å². The first kappa shape index (κ1) is 27.5. The highest BCUT2D eigenvalue weighted by Gasteiger charge is 2.66. The second-order valence-electron chi connectivity index (χ2n) is 8.93. The summed E-state index contributed by atoms with van der Waals surface area (Å²) in [5.41, 5.74) is -0.436. The lowest BCUT2D eigenvalue weighted by molar-refractivity contribution is -0.178. The average molecular weight is 535 g/mol. The predicted octanol–water partition coefficient (Wildman–Crippen LogP) is 4.07. The molecule has 39 heavy (non-hydrogen) atoms. The second kappa shape index (κ2) is 11.5. The van der Waals surface area contributed by atoms with E-state index in [-0.39, 0.29) is 12.2 Å². The fourth-order valence-electron chi connectivity index (χ4n) is 5.43. The Morgan fingerprint density at radius 3 is 1.85 bits per heavy atom. The Bertz CT molecular complexity index is 1320. The van der Waals surface area contributed by atoms with Crippen LogP contribution in [0, 0.1) is 5.41 Å². The van der Waals surface area contributed by atoms with Gasteiger partial charge in [0.05, 0.1) is 35.5 Å². The van der Waals surface area contributed by atoms with E-state index in [1.807, 2.05) is 12.1 Å². The van der Waals surface area contributed by atoms with Gasteiger partial charge in [-0.05, 0) is 47.4 Å². The quantitative estimate of drug-likeness (QED) is 0.240. The van der Waals surface area contributed by atoms with Gasteiger partial charge in [0.25, 0.3) is 0 Å². The van der Waals surface area contributed by atoms with Crippen molar-refractivity contribution in [1.29, 1.82) is 0 Å². The smallest absolute Gasteiger partial charge is 0.325 e. The largest absolute Gasteiger partial charge is 0.493 e. The first-order chi connectivity index (χ1) is 18.9. The number of para-hydroxylation sites is 1. The van der Waals surface area contributed by atoms with E-state index in [9.17, 15) is 14.4 Å². The molecule has 0 fully saturated rings. The molecular formula is C30H30O9. The molecule has 0 N–H and O–H groups in total. The number of carbonyl (C=O) groups excluding carboxylic acids is 3. The van der Waals surface area contributed by atoms with Crippen molar-refractivity contribution in [1.82, 2.24) is 0 Å². The summed E-state index contributed by atoms with van der Waals surface area (Å²) in [5.74, 6) is -3.77. The molecule has 0 aromatic heterocycles. The molecule has 204 valence electrons. The Labute approximate surface area is 226 Å². The Morgan fingerprint density at radius 2 is 1.31 bits per heavy atom. The number of benzene rings is 3. The zero-order valence-corrected chi connectivity index (χ0v) is 22.4. The van der Waals surface area contributed by atoms with Crippen molar-refractivity contribution in [2.45, 2.75) is 18.3 Å². The van der Waals surface area contributed by atoms with Crippen LogP contribution >= 0.6 is 0 Å². The number of hydrogen-bond acceptors (Lipinski definition) is 9. The SMILES string of the molecule is COC(=O)C1(C(=O)OC)[C@@H](c2cc(OC)c(OC)c(OC)c2)Cc2ccccc2[C@@H]1C(=O)Oc1ccccc1. The minimum atomic E-state index is -2.14. The molecule has 1 aliphatic carbocycles.